The third kappa shape index (κ3) is 6.51. The molecule has 2 atom stereocenters. The minimum atomic E-state index is -0.550. The molecule has 0 amide bonds. The van der Waals surface area contributed by atoms with Crippen LogP contribution in [0.3, 0.4) is 0 Å². The minimum Gasteiger partial charge on any atom is -0.491 e. The van der Waals surface area contributed by atoms with Crippen molar-refractivity contribution in [1.29, 1.82) is 0 Å². The highest BCUT2D eigenvalue weighted by Crippen LogP contribution is 2.36. The first-order valence-corrected chi connectivity index (χ1v) is 13.5. The van der Waals surface area contributed by atoms with Gasteiger partial charge >= 0.3 is 0 Å². The van der Waals surface area contributed by atoms with Gasteiger partial charge in [-0.15, -0.1) is 0 Å². The Hall–Kier alpha value is -2.22. The van der Waals surface area contributed by atoms with Crippen molar-refractivity contribution < 1.29 is 14.6 Å². The molecule has 1 unspecified atom stereocenters. The van der Waals surface area contributed by atoms with Crippen LogP contribution >= 0.6 is 0 Å². The van der Waals surface area contributed by atoms with Crippen molar-refractivity contribution in [2.24, 2.45) is 5.92 Å². The van der Waals surface area contributed by atoms with Crippen molar-refractivity contribution in [1.82, 2.24) is 15.3 Å². The van der Waals surface area contributed by atoms with Gasteiger partial charge in [-0.2, -0.15) is 0 Å². The highest BCUT2D eigenvalue weighted by Gasteiger charge is 2.37. The molecule has 0 spiro atoms. The largest absolute Gasteiger partial charge is 0.491 e. The van der Waals surface area contributed by atoms with Gasteiger partial charge in [-0.3, -0.25) is 0 Å². The second-order valence-electron chi connectivity index (χ2n) is 10.5. The number of benzene rings is 1. The molecular formula is C28H40N4O3. The quantitative estimate of drug-likeness (QED) is 0.504. The van der Waals surface area contributed by atoms with Gasteiger partial charge in [0.05, 0.1) is 12.6 Å². The number of aliphatic hydroxyl groups is 1. The number of rotatable bonds is 11. The third-order valence-corrected chi connectivity index (χ3v) is 7.47. The van der Waals surface area contributed by atoms with Crippen LogP contribution in [0.2, 0.25) is 0 Å². The van der Waals surface area contributed by atoms with Gasteiger partial charge in [0.2, 0.25) is 0 Å². The van der Waals surface area contributed by atoms with Crippen LogP contribution in [-0.4, -0.2) is 66.7 Å². The van der Waals surface area contributed by atoms with Crippen LogP contribution in [0.1, 0.15) is 57.1 Å². The molecule has 1 aromatic heterocycles. The Kier molecular flexibility index (Phi) is 8.16. The van der Waals surface area contributed by atoms with E-state index in [4.69, 9.17) is 19.4 Å². The lowest BCUT2D eigenvalue weighted by Gasteiger charge is -2.30. The number of ether oxygens (including phenoxy) is 2. The topological polar surface area (TPSA) is 79.7 Å². The van der Waals surface area contributed by atoms with Crippen LogP contribution < -0.4 is 15.0 Å². The molecule has 0 bridgehead atoms. The molecule has 2 aliphatic carbocycles. The minimum absolute atomic E-state index is 0.245. The zero-order valence-corrected chi connectivity index (χ0v) is 21.0. The van der Waals surface area contributed by atoms with Gasteiger partial charge in [0.1, 0.15) is 24.3 Å². The summed E-state index contributed by atoms with van der Waals surface area (Å²) in [6.45, 7) is 2.36. The van der Waals surface area contributed by atoms with Crippen molar-refractivity contribution in [2.75, 3.05) is 38.3 Å². The average Bonchev–Trinajstić information content (AvgIpc) is 3.56. The Morgan fingerprint density at radius 2 is 1.94 bits per heavy atom. The lowest BCUT2D eigenvalue weighted by Crippen LogP contribution is -2.38. The number of aliphatic hydroxyl groups excluding tert-OH is 1. The van der Waals surface area contributed by atoms with Crippen molar-refractivity contribution in [2.45, 2.75) is 76.0 Å². The maximum Gasteiger partial charge on any atom is 0.161 e. The maximum atomic E-state index is 10.0. The molecule has 2 saturated carbocycles. The number of anilines is 1. The fourth-order valence-electron chi connectivity index (χ4n) is 5.51. The van der Waals surface area contributed by atoms with E-state index in [1.807, 2.05) is 25.2 Å². The molecule has 1 saturated heterocycles. The van der Waals surface area contributed by atoms with E-state index in [9.17, 15) is 5.11 Å². The second kappa shape index (κ2) is 11.7. The Labute approximate surface area is 209 Å². The number of likely N-dealkylation sites (N-methyl/N-ethyl adjacent to an activating group) is 1. The van der Waals surface area contributed by atoms with Crippen LogP contribution in [0, 0.1) is 5.92 Å². The summed E-state index contributed by atoms with van der Waals surface area (Å²) in [6.07, 6.45) is 10.6. The van der Waals surface area contributed by atoms with Gasteiger partial charge < -0.3 is 24.8 Å². The first kappa shape index (κ1) is 24.5. The van der Waals surface area contributed by atoms with E-state index in [2.05, 4.69) is 22.3 Å². The lowest BCUT2D eigenvalue weighted by atomic mass is 9.86. The SMILES string of the molecule is CNCC(O)COc1cccc(-c2nc(CC3CCCCC3)cc(N(C3CC3)[C@@H]3CCOC3)n2)c1. The van der Waals surface area contributed by atoms with Gasteiger partial charge in [0.15, 0.2) is 5.82 Å². The molecule has 1 aromatic carbocycles. The normalized spacial score (nSPS) is 21.7. The highest BCUT2D eigenvalue weighted by atomic mass is 16.5. The monoisotopic (exact) mass is 480 g/mol. The summed E-state index contributed by atoms with van der Waals surface area (Å²) in [7, 11) is 1.82. The van der Waals surface area contributed by atoms with Crippen molar-refractivity contribution >= 4 is 5.82 Å². The zero-order chi connectivity index (χ0) is 24.0. The standard InChI is InChI=1S/C28H40N4O3/c1-29-17-25(33)19-35-26-9-5-8-21(15-26)28-30-22(14-20-6-3-2-4-7-20)16-27(31-28)32(23-10-11-23)24-12-13-34-18-24/h5,8-9,15-16,20,23-25,29,33H,2-4,6-7,10-14,17-19H2,1H3/t24-,25?/m1/s1. The number of hydrogen-bond acceptors (Lipinski definition) is 7. The van der Waals surface area contributed by atoms with E-state index in [0.29, 0.717) is 24.5 Å². The van der Waals surface area contributed by atoms with Crippen LogP contribution in [0.5, 0.6) is 5.75 Å². The van der Waals surface area contributed by atoms with Crippen molar-refractivity contribution in [3.63, 3.8) is 0 Å². The van der Waals surface area contributed by atoms with Gasteiger partial charge in [-0.1, -0.05) is 44.2 Å². The molecule has 35 heavy (non-hydrogen) atoms. The number of hydrogen-bond donors (Lipinski definition) is 2. The predicted octanol–water partition coefficient (Wildman–Crippen LogP) is 3.98. The van der Waals surface area contributed by atoms with Crippen molar-refractivity contribution in [3.8, 4) is 17.1 Å². The van der Waals surface area contributed by atoms with Gasteiger partial charge in [-0.05, 0) is 50.8 Å². The Morgan fingerprint density at radius 1 is 1.09 bits per heavy atom. The van der Waals surface area contributed by atoms with E-state index in [0.717, 1.165) is 54.7 Å². The first-order valence-electron chi connectivity index (χ1n) is 13.5. The molecular weight excluding hydrogens is 440 g/mol. The highest BCUT2D eigenvalue weighted by molar-refractivity contribution is 5.61. The van der Waals surface area contributed by atoms with Crippen LogP contribution in [0.25, 0.3) is 11.4 Å². The van der Waals surface area contributed by atoms with E-state index in [1.165, 1.54) is 44.9 Å². The first-order chi connectivity index (χ1) is 17.2. The van der Waals surface area contributed by atoms with Gasteiger partial charge in [0.25, 0.3) is 0 Å². The number of aromatic nitrogens is 2. The van der Waals surface area contributed by atoms with Gasteiger partial charge in [-0.25, -0.2) is 9.97 Å². The van der Waals surface area contributed by atoms with Crippen molar-refractivity contribution in [3.05, 3.63) is 36.0 Å². The zero-order valence-electron chi connectivity index (χ0n) is 21.0. The molecule has 1 aliphatic heterocycles. The predicted molar refractivity (Wildman–Crippen MR) is 138 cm³/mol. The van der Waals surface area contributed by atoms with E-state index in [1.54, 1.807) is 0 Å². The van der Waals surface area contributed by atoms with Crippen LogP contribution in [0.15, 0.2) is 30.3 Å². The fraction of sp³-hybridized carbons (Fsp3) is 0.643. The fourth-order valence-corrected chi connectivity index (χ4v) is 5.51. The molecule has 190 valence electrons. The van der Waals surface area contributed by atoms with E-state index >= 15 is 0 Å². The van der Waals surface area contributed by atoms with Gasteiger partial charge in [0, 0.05) is 36.5 Å². The summed E-state index contributed by atoms with van der Waals surface area (Å²) in [6, 6.07) is 11.2. The van der Waals surface area contributed by atoms with E-state index in [-0.39, 0.29) is 6.61 Å². The molecule has 2 heterocycles. The van der Waals surface area contributed by atoms with Crippen LogP contribution in [0.4, 0.5) is 5.82 Å². The molecule has 2 aromatic rings. The summed E-state index contributed by atoms with van der Waals surface area (Å²) in [5.74, 6) is 3.25. The Balaban J connectivity index is 1.43. The Morgan fingerprint density at radius 3 is 2.69 bits per heavy atom. The summed E-state index contributed by atoms with van der Waals surface area (Å²) in [5, 5.41) is 13.0. The second-order valence-corrected chi connectivity index (χ2v) is 10.5. The van der Waals surface area contributed by atoms with Crippen LogP contribution in [-0.2, 0) is 11.2 Å². The smallest absolute Gasteiger partial charge is 0.161 e. The summed E-state index contributed by atoms with van der Waals surface area (Å²) in [5.41, 5.74) is 2.10. The maximum absolute atomic E-state index is 10.0. The summed E-state index contributed by atoms with van der Waals surface area (Å²) in [4.78, 5) is 12.7. The van der Waals surface area contributed by atoms with E-state index < -0.39 is 6.10 Å². The third-order valence-electron chi connectivity index (χ3n) is 7.47. The summed E-state index contributed by atoms with van der Waals surface area (Å²) >= 11 is 0. The Bertz CT molecular complexity index is 955. The molecule has 3 fully saturated rings. The molecule has 7 nitrogen and oxygen atoms in total. The lowest BCUT2D eigenvalue weighted by molar-refractivity contribution is 0.108. The molecule has 3 aliphatic rings. The summed E-state index contributed by atoms with van der Waals surface area (Å²) < 4.78 is 11.6. The molecule has 0 radical (unpaired) electrons. The number of nitrogens with zero attached hydrogens (tertiary/aromatic N) is 3. The molecule has 7 heteroatoms. The molecule has 5 rings (SSSR count). The molecule has 2 N–H and O–H groups in total. The number of nitrogens with one attached hydrogen (secondary N) is 1. The average molecular weight is 481 g/mol.